The summed E-state index contributed by atoms with van der Waals surface area (Å²) in [4.78, 5) is 4.03. The lowest BCUT2D eigenvalue weighted by atomic mass is 10.2. The van der Waals surface area contributed by atoms with Gasteiger partial charge in [0.15, 0.2) is 0 Å². The van der Waals surface area contributed by atoms with Crippen LogP contribution in [0.15, 0.2) is 27.3 Å². The highest BCUT2D eigenvalue weighted by molar-refractivity contribution is 9.10. The molecular formula is C11H15BrN2OS. The molecule has 5 heteroatoms. The van der Waals surface area contributed by atoms with E-state index in [1.54, 1.807) is 12.4 Å². The summed E-state index contributed by atoms with van der Waals surface area (Å²) in [7, 11) is 0. The summed E-state index contributed by atoms with van der Waals surface area (Å²) < 4.78 is 16.2. The standard InChI is InChI=1S/C11H15BrN2OS/c1-11(2,3)16(15)14-7-5-9-4-6-13-10(12)8-9/h4,6-8H,5H2,1-3H3. The molecule has 0 aromatic carbocycles. The van der Waals surface area contributed by atoms with Crippen molar-refractivity contribution in [2.45, 2.75) is 31.9 Å². The van der Waals surface area contributed by atoms with Crippen LogP contribution in [0.25, 0.3) is 0 Å². The molecule has 1 aromatic heterocycles. The minimum atomic E-state index is -1.17. The summed E-state index contributed by atoms with van der Waals surface area (Å²) in [5.41, 5.74) is 1.09. The highest BCUT2D eigenvalue weighted by Crippen LogP contribution is 2.16. The van der Waals surface area contributed by atoms with Gasteiger partial charge in [0.05, 0.1) is 6.21 Å². The van der Waals surface area contributed by atoms with Crippen LogP contribution in [0.2, 0.25) is 0 Å². The van der Waals surface area contributed by atoms with E-state index >= 15 is 0 Å². The van der Waals surface area contributed by atoms with E-state index in [-0.39, 0.29) is 4.75 Å². The van der Waals surface area contributed by atoms with Gasteiger partial charge in [0.2, 0.25) is 0 Å². The van der Waals surface area contributed by atoms with E-state index in [2.05, 4.69) is 25.3 Å². The van der Waals surface area contributed by atoms with Crippen molar-refractivity contribution in [3.8, 4) is 0 Å². The van der Waals surface area contributed by atoms with Crippen LogP contribution in [-0.2, 0) is 17.8 Å². The number of rotatable bonds is 3. The Morgan fingerprint density at radius 1 is 1.56 bits per heavy atom. The highest BCUT2D eigenvalue weighted by atomic mass is 79.9. The van der Waals surface area contributed by atoms with Crippen LogP contribution >= 0.6 is 15.9 Å². The molecule has 0 fully saturated rings. The lowest BCUT2D eigenvalue weighted by Crippen LogP contribution is -2.25. The maximum atomic E-state index is 11.6. The molecule has 1 rings (SSSR count). The fourth-order valence-electron chi connectivity index (χ4n) is 0.938. The summed E-state index contributed by atoms with van der Waals surface area (Å²) >= 11 is 2.12. The Morgan fingerprint density at radius 2 is 2.25 bits per heavy atom. The molecule has 0 spiro atoms. The van der Waals surface area contributed by atoms with Gasteiger partial charge in [-0.15, -0.1) is 0 Å². The van der Waals surface area contributed by atoms with Crippen LogP contribution in [0.4, 0.5) is 0 Å². The Balaban J connectivity index is 2.55. The quantitative estimate of drug-likeness (QED) is 0.490. The first-order chi connectivity index (χ1) is 7.39. The fraction of sp³-hybridized carbons (Fsp3) is 0.455. The zero-order chi connectivity index (χ0) is 12.2. The van der Waals surface area contributed by atoms with Crippen LogP contribution in [0, 0.1) is 0 Å². The van der Waals surface area contributed by atoms with Gasteiger partial charge in [-0.05, 0) is 54.4 Å². The first-order valence-corrected chi connectivity index (χ1v) is 6.84. The van der Waals surface area contributed by atoms with E-state index in [4.69, 9.17) is 0 Å². The molecule has 3 nitrogen and oxygen atoms in total. The molecular weight excluding hydrogens is 288 g/mol. The molecule has 1 atom stereocenters. The van der Waals surface area contributed by atoms with Crippen molar-refractivity contribution >= 4 is 33.5 Å². The summed E-state index contributed by atoms with van der Waals surface area (Å²) in [5, 5.41) is 0. The average molecular weight is 303 g/mol. The Bertz CT molecular complexity index is 376. The normalized spacial score (nSPS) is 14.3. The zero-order valence-corrected chi connectivity index (χ0v) is 12.0. The summed E-state index contributed by atoms with van der Waals surface area (Å²) in [6.07, 6.45) is 4.10. The Labute approximate surface area is 108 Å². The minimum absolute atomic E-state index is 0.296. The van der Waals surface area contributed by atoms with Crippen LogP contribution in [-0.4, -0.2) is 20.5 Å². The molecule has 0 saturated carbocycles. The number of pyridine rings is 1. The number of halogens is 1. The summed E-state index contributed by atoms with van der Waals surface area (Å²) in [5.74, 6) is 0. The molecule has 0 radical (unpaired) electrons. The molecule has 1 aromatic rings. The Hall–Kier alpha value is -0.390. The van der Waals surface area contributed by atoms with Crippen molar-refractivity contribution in [1.29, 1.82) is 0 Å². The van der Waals surface area contributed by atoms with Crippen molar-refractivity contribution < 1.29 is 4.55 Å². The van der Waals surface area contributed by atoms with E-state index in [9.17, 15) is 4.55 Å². The molecule has 0 aliphatic rings. The lowest BCUT2D eigenvalue weighted by molar-refractivity contribution is 0.561. The molecule has 0 aliphatic heterocycles. The monoisotopic (exact) mass is 302 g/mol. The van der Waals surface area contributed by atoms with E-state index < -0.39 is 11.4 Å². The van der Waals surface area contributed by atoms with Crippen LogP contribution in [0.1, 0.15) is 26.3 Å². The second-order valence-electron chi connectivity index (χ2n) is 4.34. The smallest absolute Gasteiger partial charge is 0.144 e. The van der Waals surface area contributed by atoms with Gasteiger partial charge in [-0.3, -0.25) is 0 Å². The third kappa shape index (κ3) is 4.63. The zero-order valence-electron chi connectivity index (χ0n) is 9.61. The van der Waals surface area contributed by atoms with Gasteiger partial charge in [-0.25, -0.2) is 4.98 Å². The first kappa shape index (κ1) is 13.7. The van der Waals surface area contributed by atoms with Gasteiger partial charge in [0.1, 0.15) is 20.7 Å². The second-order valence-corrected chi connectivity index (χ2v) is 7.09. The second kappa shape index (κ2) is 5.80. The number of hydrogen-bond acceptors (Lipinski definition) is 3. The number of aromatic nitrogens is 1. The molecule has 16 heavy (non-hydrogen) atoms. The largest absolute Gasteiger partial charge is 0.591 e. The third-order valence-corrected chi connectivity index (χ3v) is 3.63. The summed E-state index contributed by atoms with van der Waals surface area (Å²) in [6, 6.07) is 3.84. The van der Waals surface area contributed by atoms with Gasteiger partial charge in [0.25, 0.3) is 0 Å². The maximum Gasteiger partial charge on any atom is 0.144 e. The molecule has 0 aliphatic carbocycles. The fourth-order valence-corrected chi connectivity index (χ4v) is 1.88. The molecule has 1 unspecified atom stereocenters. The van der Waals surface area contributed by atoms with Crippen LogP contribution < -0.4 is 0 Å². The van der Waals surface area contributed by atoms with Gasteiger partial charge in [0, 0.05) is 12.6 Å². The number of nitrogens with zero attached hydrogens (tertiary/aromatic N) is 2. The van der Waals surface area contributed by atoms with Crippen molar-refractivity contribution in [2.24, 2.45) is 4.40 Å². The van der Waals surface area contributed by atoms with Crippen molar-refractivity contribution in [1.82, 2.24) is 4.98 Å². The van der Waals surface area contributed by atoms with Gasteiger partial charge < -0.3 is 4.55 Å². The van der Waals surface area contributed by atoms with Crippen LogP contribution in [0.3, 0.4) is 0 Å². The number of hydrogen-bond donors (Lipinski definition) is 0. The van der Waals surface area contributed by atoms with Crippen molar-refractivity contribution in [3.63, 3.8) is 0 Å². The highest BCUT2D eigenvalue weighted by Gasteiger charge is 2.25. The van der Waals surface area contributed by atoms with Crippen molar-refractivity contribution in [2.75, 3.05) is 0 Å². The SMILES string of the molecule is CC(C)(C)[S+]([O-])N=CCc1ccnc(Br)c1. The van der Waals surface area contributed by atoms with Gasteiger partial charge in [-0.2, -0.15) is 0 Å². The lowest BCUT2D eigenvalue weighted by Gasteiger charge is -2.17. The van der Waals surface area contributed by atoms with E-state index in [0.29, 0.717) is 6.42 Å². The predicted octanol–water partition coefficient (Wildman–Crippen LogP) is 2.92. The maximum absolute atomic E-state index is 11.6. The van der Waals surface area contributed by atoms with E-state index in [1.165, 1.54) is 0 Å². The van der Waals surface area contributed by atoms with E-state index in [1.807, 2.05) is 32.9 Å². The van der Waals surface area contributed by atoms with Crippen molar-refractivity contribution in [3.05, 3.63) is 28.5 Å². The molecule has 88 valence electrons. The Morgan fingerprint density at radius 3 is 2.81 bits per heavy atom. The average Bonchev–Trinajstić information content (AvgIpc) is 2.16. The molecule has 0 saturated heterocycles. The topological polar surface area (TPSA) is 48.3 Å². The minimum Gasteiger partial charge on any atom is -0.591 e. The molecule has 0 N–H and O–H groups in total. The third-order valence-electron chi connectivity index (χ3n) is 1.81. The van der Waals surface area contributed by atoms with Crippen LogP contribution in [0.5, 0.6) is 0 Å². The first-order valence-electron chi connectivity index (χ1n) is 4.94. The van der Waals surface area contributed by atoms with Gasteiger partial charge >= 0.3 is 0 Å². The Kier molecular flexibility index (Phi) is 4.95. The summed E-state index contributed by atoms with van der Waals surface area (Å²) in [6.45, 7) is 5.72. The van der Waals surface area contributed by atoms with Gasteiger partial charge in [-0.1, -0.05) is 4.40 Å². The molecule has 0 amide bonds. The predicted molar refractivity (Wildman–Crippen MR) is 72.0 cm³/mol. The molecule has 0 bridgehead atoms. The molecule has 1 heterocycles. The van der Waals surface area contributed by atoms with E-state index in [0.717, 1.165) is 10.2 Å².